The first-order valence-corrected chi connectivity index (χ1v) is 7.35. The number of benzene rings is 1. The fourth-order valence-corrected chi connectivity index (χ4v) is 2.80. The maximum atomic E-state index is 12.2. The Morgan fingerprint density at radius 2 is 2.20 bits per heavy atom. The molecule has 1 heterocycles. The molecule has 0 radical (unpaired) electrons. The molecule has 0 saturated carbocycles. The molecule has 1 aliphatic rings. The fraction of sp³-hybridized carbons (Fsp3) is 0.562. The lowest BCUT2D eigenvalue weighted by atomic mass is 10.0. The van der Waals surface area contributed by atoms with E-state index in [-0.39, 0.29) is 18.6 Å². The highest BCUT2D eigenvalue weighted by Gasteiger charge is 2.25. The first-order valence-electron chi connectivity index (χ1n) is 7.35. The first-order chi connectivity index (χ1) is 9.61. The van der Waals surface area contributed by atoms with E-state index >= 15 is 0 Å². The molecule has 0 aliphatic carbocycles. The molecule has 0 spiro atoms. The summed E-state index contributed by atoms with van der Waals surface area (Å²) in [7, 11) is 0. The van der Waals surface area contributed by atoms with Gasteiger partial charge >= 0.3 is 0 Å². The van der Waals surface area contributed by atoms with Gasteiger partial charge in [0.2, 0.25) is 5.91 Å². The zero-order valence-corrected chi connectivity index (χ0v) is 12.3. The van der Waals surface area contributed by atoms with Crippen molar-refractivity contribution in [1.82, 2.24) is 4.90 Å². The van der Waals surface area contributed by atoms with Crippen molar-refractivity contribution >= 4 is 11.6 Å². The van der Waals surface area contributed by atoms with Crippen molar-refractivity contribution in [3.63, 3.8) is 0 Å². The molecular formula is C16H24N2O2. The molecule has 1 fully saturated rings. The third-order valence-corrected chi connectivity index (χ3v) is 3.91. The summed E-state index contributed by atoms with van der Waals surface area (Å²) in [5, 5.41) is 12.3. The highest BCUT2D eigenvalue weighted by Crippen LogP contribution is 2.24. The predicted octanol–water partition coefficient (Wildman–Crippen LogP) is 2.21. The van der Waals surface area contributed by atoms with Crippen molar-refractivity contribution in [2.75, 3.05) is 25.0 Å². The number of nitrogens with zero attached hydrogens (tertiary/aromatic N) is 1. The number of carbonyl (C=O) groups is 1. The van der Waals surface area contributed by atoms with Crippen LogP contribution in [0.1, 0.15) is 38.2 Å². The summed E-state index contributed by atoms with van der Waals surface area (Å²) in [5.74, 6) is 0.377. The molecule has 1 aliphatic heterocycles. The standard InChI is InChI=1S/C16H24N2O2/c1-12(2)14-7-3-4-8-15(14)17-16(20)10-18-9-5-6-13(18)11-19/h3-4,7-8,12-13,19H,5-6,9-11H2,1-2H3,(H,17,20)/t13-/m1/s1. The zero-order valence-electron chi connectivity index (χ0n) is 12.3. The lowest BCUT2D eigenvalue weighted by Gasteiger charge is -2.22. The normalized spacial score (nSPS) is 19.5. The van der Waals surface area contributed by atoms with Gasteiger partial charge in [0, 0.05) is 11.7 Å². The van der Waals surface area contributed by atoms with Gasteiger partial charge in [-0.1, -0.05) is 32.0 Å². The van der Waals surface area contributed by atoms with Gasteiger partial charge in [0.25, 0.3) is 0 Å². The van der Waals surface area contributed by atoms with Crippen LogP contribution in [0.3, 0.4) is 0 Å². The minimum atomic E-state index is -0.00144. The van der Waals surface area contributed by atoms with Crippen LogP contribution >= 0.6 is 0 Å². The Morgan fingerprint density at radius 3 is 2.90 bits per heavy atom. The largest absolute Gasteiger partial charge is 0.395 e. The van der Waals surface area contributed by atoms with Crippen molar-refractivity contribution in [3.05, 3.63) is 29.8 Å². The van der Waals surface area contributed by atoms with Crippen LogP contribution in [0.4, 0.5) is 5.69 Å². The van der Waals surface area contributed by atoms with Crippen molar-refractivity contribution in [1.29, 1.82) is 0 Å². The van der Waals surface area contributed by atoms with Gasteiger partial charge in [0.05, 0.1) is 13.2 Å². The van der Waals surface area contributed by atoms with Gasteiger partial charge in [-0.15, -0.1) is 0 Å². The van der Waals surface area contributed by atoms with Gasteiger partial charge in [-0.3, -0.25) is 9.69 Å². The second kappa shape index (κ2) is 6.86. The van der Waals surface area contributed by atoms with E-state index in [1.165, 1.54) is 0 Å². The highest BCUT2D eigenvalue weighted by atomic mass is 16.3. The minimum absolute atomic E-state index is 0.00144. The van der Waals surface area contributed by atoms with Gasteiger partial charge in [-0.05, 0) is 36.9 Å². The van der Waals surface area contributed by atoms with Gasteiger partial charge in [-0.2, -0.15) is 0 Å². The summed E-state index contributed by atoms with van der Waals surface area (Å²) in [5.41, 5.74) is 2.05. The number of anilines is 1. The SMILES string of the molecule is CC(C)c1ccccc1NC(=O)CN1CCC[C@@H]1CO. The molecular weight excluding hydrogens is 252 g/mol. The van der Waals surface area contributed by atoms with E-state index in [2.05, 4.69) is 24.1 Å². The Bertz CT molecular complexity index is 460. The zero-order chi connectivity index (χ0) is 14.5. The summed E-state index contributed by atoms with van der Waals surface area (Å²) in [6.45, 7) is 5.62. The number of amides is 1. The molecule has 0 unspecified atom stereocenters. The Hall–Kier alpha value is -1.39. The summed E-state index contributed by atoms with van der Waals surface area (Å²) in [6.07, 6.45) is 2.04. The van der Waals surface area contributed by atoms with Crippen LogP contribution in [0.25, 0.3) is 0 Å². The molecule has 2 N–H and O–H groups in total. The molecule has 110 valence electrons. The van der Waals surface area contributed by atoms with E-state index in [0.717, 1.165) is 30.6 Å². The van der Waals surface area contributed by atoms with Crippen LogP contribution in [0.5, 0.6) is 0 Å². The second-order valence-electron chi connectivity index (χ2n) is 5.74. The minimum Gasteiger partial charge on any atom is -0.395 e. The molecule has 1 aromatic rings. The number of carbonyl (C=O) groups excluding carboxylic acids is 1. The summed E-state index contributed by atoms with van der Waals surface area (Å²) in [4.78, 5) is 14.2. The predicted molar refractivity (Wildman–Crippen MR) is 80.8 cm³/mol. The monoisotopic (exact) mass is 276 g/mol. The van der Waals surface area contributed by atoms with Crippen molar-refractivity contribution < 1.29 is 9.90 Å². The summed E-state index contributed by atoms with van der Waals surface area (Å²) in [6, 6.07) is 8.07. The maximum absolute atomic E-state index is 12.2. The topological polar surface area (TPSA) is 52.6 Å². The Balaban J connectivity index is 1.98. The fourth-order valence-electron chi connectivity index (χ4n) is 2.80. The molecule has 4 heteroatoms. The third-order valence-electron chi connectivity index (χ3n) is 3.91. The molecule has 2 rings (SSSR count). The highest BCUT2D eigenvalue weighted by molar-refractivity contribution is 5.93. The number of nitrogens with one attached hydrogen (secondary N) is 1. The smallest absolute Gasteiger partial charge is 0.238 e. The van der Waals surface area contributed by atoms with Crippen LogP contribution < -0.4 is 5.32 Å². The number of hydrogen-bond acceptors (Lipinski definition) is 3. The Labute approximate surface area is 120 Å². The number of aliphatic hydroxyl groups excluding tert-OH is 1. The lowest BCUT2D eigenvalue weighted by molar-refractivity contribution is -0.117. The van der Waals surface area contributed by atoms with Crippen LogP contribution in [-0.4, -0.2) is 41.7 Å². The van der Waals surface area contributed by atoms with Crippen LogP contribution in [0, 0.1) is 0 Å². The number of likely N-dealkylation sites (tertiary alicyclic amines) is 1. The molecule has 20 heavy (non-hydrogen) atoms. The molecule has 0 aromatic heterocycles. The average Bonchev–Trinajstić information content (AvgIpc) is 2.86. The lowest BCUT2D eigenvalue weighted by Crippen LogP contribution is -2.38. The number of aliphatic hydroxyl groups is 1. The first kappa shape index (κ1) is 15.0. The van der Waals surface area contributed by atoms with Crippen LogP contribution in [0.2, 0.25) is 0 Å². The summed E-state index contributed by atoms with van der Waals surface area (Å²) < 4.78 is 0. The Kier molecular flexibility index (Phi) is 5.15. The maximum Gasteiger partial charge on any atom is 0.238 e. The molecule has 0 bridgehead atoms. The third kappa shape index (κ3) is 3.58. The van der Waals surface area contributed by atoms with E-state index in [4.69, 9.17) is 0 Å². The van der Waals surface area contributed by atoms with Crippen molar-refractivity contribution in [2.24, 2.45) is 0 Å². The molecule has 1 atom stereocenters. The van der Waals surface area contributed by atoms with Crippen LogP contribution in [0.15, 0.2) is 24.3 Å². The van der Waals surface area contributed by atoms with Gasteiger partial charge in [0.1, 0.15) is 0 Å². The van der Waals surface area contributed by atoms with Gasteiger partial charge in [0.15, 0.2) is 0 Å². The number of rotatable bonds is 5. The molecule has 1 amide bonds. The number of para-hydroxylation sites is 1. The molecule has 4 nitrogen and oxygen atoms in total. The average molecular weight is 276 g/mol. The Morgan fingerprint density at radius 1 is 1.45 bits per heavy atom. The van der Waals surface area contributed by atoms with Crippen molar-refractivity contribution in [3.8, 4) is 0 Å². The van der Waals surface area contributed by atoms with Gasteiger partial charge in [-0.25, -0.2) is 0 Å². The molecule has 1 saturated heterocycles. The van der Waals surface area contributed by atoms with E-state index in [1.54, 1.807) is 0 Å². The van der Waals surface area contributed by atoms with E-state index in [1.807, 2.05) is 24.3 Å². The van der Waals surface area contributed by atoms with Crippen LogP contribution in [-0.2, 0) is 4.79 Å². The van der Waals surface area contributed by atoms with Gasteiger partial charge < -0.3 is 10.4 Å². The molecule has 1 aromatic carbocycles. The van der Waals surface area contributed by atoms with Crippen molar-refractivity contribution in [2.45, 2.75) is 38.6 Å². The van der Waals surface area contributed by atoms with E-state index < -0.39 is 0 Å². The van der Waals surface area contributed by atoms with E-state index in [9.17, 15) is 9.90 Å². The summed E-state index contributed by atoms with van der Waals surface area (Å²) >= 11 is 0. The number of hydrogen-bond donors (Lipinski definition) is 2. The second-order valence-corrected chi connectivity index (χ2v) is 5.74. The quantitative estimate of drug-likeness (QED) is 0.867. The van der Waals surface area contributed by atoms with E-state index in [0.29, 0.717) is 12.5 Å².